The van der Waals surface area contributed by atoms with Gasteiger partial charge in [-0.15, -0.1) is 0 Å². The first-order valence-electron chi connectivity index (χ1n) is 6.40. The molecular weight excluding hydrogens is 279 g/mol. The molecule has 110 valence electrons. The predicted octanol–water partition coefficient (Wildman–Crippen LogP) is 3.55. The number of hydrogen-bond donors (Lipinski definition) is 1. The lowest BCUT2D eigenvalue weighted by atomic mass is 10.3. The van der Waals surface area contributed by atoms with Crippen molar-refractivity contribution in [1.29, 1.82) is 0 Å². The zero-order valence-corrected chi connectivity index (χ0v) is 11.9. The minimum atomic E-state index is -4.08. The van der Waals surface area contributed by atoms with Crippen LogP contribution in [0.15, 0.2) is 0 Å². The van der Waals surface area contributed by atoms with E-state index in [9.17, 15) is 13.2 Å². The molecule has 1 aromatic rings. The fourth-order valence-corrected chi connectivity index (χ4v) is 2.14. The second kappa shape index (κ2) is 7.14. The van der Waals surface area contributed by atoms with Gasteiger partial charge in [0.05, 0.1) is 16.4 Å². The van der Waals surface area contributed by atoms with Crippen LogP contribution in [0.4, 0.5) is 13.2 Å². The van der Waals surface area contributed by atoms with Crippen LogP contribution in [0.1, 0.15) is 38.1 Å². The molecule has 0 saturated heterocycles. The zero-order valence-electron chi connectivity index (χ0n) is 11.1. The molecule has 0 saturated carbocycles. The third kappa shape index (κ3) is 5.03. The Hall–Kier alpha value is -0.750. The van der Waals surface area contributed by atoms with E-state index in [2.05, 4.69) is 10.4 Å². The van der Waals surface area contributed by atoms with Crippen LogP contribution in [0.3, 0.4) is 0 Å². The summed E-state index contributed by atoms with van der Waals surface area (Å²) < 4.78 is 37.7. The second-order valence-corrected chi connectivity index (χ2v) is 4.65. The Balaban J connectivity index is 2.47. The van der Waals surface area contributed by atoms with Crippen LogP contribution in [0, 0.1) is 0 Å². The van der Waals surface area contributed by atoms with Crippen molar-refractivity contribution in [2.24, 2.45) is 0 Å². The Kier molecular flexibility index (Phi) is 6.13. The van der Waals surface area contributed by atoms with Gasteiger partial charge in [0.25, 0.3) is 0 Å². The molecule has 0 aromatic carbocycles. The molecule has 7 heteroatoms. The smallest absolute Gasteiger partial charge is 0.311 e. The maximum atomic E-state index is 12.0. The average Bonchev–Trinajstić information content (AvgIpc) is 2.64. The largest absolute Gasteiger partial charge is 0.389 e. The van der Waals surface area contributed by atoms with Gasteiger partial charge in [-0.2, -0.15) is 18.3 Å². The zero-order chi connectivity index (χ0) is 14.5. The Bertz CT molecular complexity index is 402. The molecule has 0 radical (unpaired) electrons. The molecule has 3 nitrogen and oxygen atoms in total. The van der Waals surface area contributed by atoms with Gasteiger partial charge in [0.15, 0.2) is 0 Å². The maximum Gasteiger partial charge on any atom is 0.389 e. The highest BCUT2D eigenvalue weighted by molar-refractivity contribution is 6.31. The monoisotopic (exact) mass is 297 g/mol. The molecule has 19 heavy (non-hydrogen) atoms. The van der Waals surface area contributed by atoms with E-state index in [-0.39, 0.29) is 6.42 Å². The van der Waals surface area contributed by atoms with Crippen LogP contribution in [0.25, 0.3) is 0 Å². The summed E-state index contributed by atoms with van der Waals surface area (Å²) in [7, 11) is 0. The van der Waals surface area contributed by atoms with E-state index in [1.54, 1.807) is 4.68 Å². The molecular formula is C12H19ClF3N3. The second-order valence-electron chi connectivity index (χ2n) is 4.27. The van der Waals surface area contributed by atoms with E-state index >= 15 is 0 Å². The van der Waals surface area contributed by atoms with Gasteiger partial charge in [0, 0.05) is 19.5 Å². The van der Waals surface area contributed by atoms with Crippen LogP contribution < -0.4 is 5.32 Å². The van der Waals surface area contributed by atoms with Crippen LogP contribution in [-0.2, 0) is 19.5 Å². The van der Waals surface area contributed by atoms with E-state index in [0.29, 0.717) is 24.7 Å². The highest BCUT2D eigenvalue weighted by Gasteiger charge is 2.25. The number of aryl methyl sites for hydroxylation is 2. The minimum Gasteiger partial charge on any atom is -0.311 e. The summed E-state index contributed by atoms with van der Waals surface area (Å²) >= 11 is 6.19. The predicted molar refractivity (Wildman–Crippen MR) is 69.3 cm³/mol. The lowest BCUT2D eigenvalue weighted by Crippen LogP contribution is -2.20. The van der Waals surface area contributed by atoms with Crippen molar-refractivity contribution < 1.29 is 13.2 Å². The first-order chi connectivity index (χ1) is 8.89. The van der Waals surface area contributed by atoms with Crippen LogP contribution in [0.2, 0.25) is 5.02 Å². The topological polar surface area (TPSA) is 29.9 Å². The summed E-state index contributed by atoms with van der Waals surface area (Å²) in [6, 6.07) is 0. The summed E-state index contributed by atoms with van der Waals surface area (Å²) in [4.78, 5) is 0. The van der Waals surface area contributed by atoms with Gasteiger partial charge >= 0.3 is 6.18 Å². The van der Waals surface area contributed by atoms with Crippen molar-refractivity contribution in [2.45, 2.75) is 52.4 Å². The van der Waals surface area contributed by atoms with Crippen molar-refractivity contribution in [3.63, 3.8) is 0 Å². The molecule has 0 aliphatic rings. The Morgan fingerprint density at radius 3 is 2.53 bits per heavy atom. The number of rotatable bonds is 7. The molecule has 0 fully saturated rings. The van der Waals surface area contributed by atoms with E-state index in [0.717, 1.165) is 17.8 Å². The van der Waals surface area contributed by atoms with Gasteiger partial charge in [0.2, 0.25) is 0 Å². The summed E-state index contributed by atoms with van der Waals surface area (Å²) in [6.45, 7) is 5.37. The molecule has 0 aliphatic heterocycles. The SMILES string of the molecule is CCc1nn(CC)c(CNCCCC(F)(F)F)c1Cl. The highest BCUT2D eigenvalue weighted by Crippen LogP contribution is 2.22. The van der Waals surface area contributed by atoms with Gasteiger partial charge in [-0.05, 0) is 26.3 Å². The molecule has 0 aliphatic carbocycles. The number of nitrogens with one attached hydrogen (secondary N) is 1. The lowest BCUT2D eigenvalue weighted by molar-refractivity contribution is -0.135. The molecule has 0 bridgehead atoms. The van der Waals surface area contributed by atoms with Crippen molar-refractivity contribution in [3.05, 3.63) is 16.4 Å². The molecule has 0 atom stereocenters. The van der Waals surface area contributed by atoms with Gasteiger partial charge in [-0.1, -0.05) is 18.5 Å². The van der Waals surface area contributed by atoms with E-state index in [4.69, 9.17) is 11.6 Å². The third-order valence-electron chi connectivity index (χ3n) is 2.80. The minimum absolute atomic E-state index is 0.0714. The Labute approximate surface area is 116 Å². The Morgan fingerprint density at radius 1 is 1.32 bits per heavy atom. The lowest BCUT2D eigenvalue weighted by Gasteiger charge is -2.08. The molecule has 1 heterocycles. The first kappa shape index (κ1) is 16.3. The fourth-order valence-electron chi connectivity index (χ4n) is 1.81. The van der Waals surface area contributed by atoms with E-state index in [1.165, 1.54) is 0 Å². The molecule has 0 amide bonds. The number of hydrogen-bond acceptors (Lipinski definition) is 2. The van der Waals surface area contributed by atoms with E-state index in [1.807, 2.05) is 13.8 Å². The number of nitrogens with zero attached hydrogens (tertiary/aromatic N) is 2. The number of halogens is 4. The molecule has 0 spiro atoms. The van der Waals surface area contributed by atoms with Crippen LogP contribution in [0.5, 0.6) is 0 Å². The van der Waals surface area contributed by atoms with Crippen molar-refractivity contribution in [1.82, 2.24) is 15.1 Å². The van der Waals surface area contributed by atoms with E-state index < -0.39 is 12.6 Å². The average molecular weight is 298 g/mol. The van der Waals surface area contributed by atoms with Gasteiger partial charge in [-0.25, -0.2) is 0 Å². The third-order valence-corrected chi connectivity index (χ3v) is 3.24. The molecule has 1 aromatic heterocycles. The van der Waals surface area contributed by atoms with Crippen molar-refractivity contribution in [3.8, 4) is 0 Å². The Morgan fingerprint density at radius 2 is 2.00 bits per heavy atom. The summed E-state index contributed by atoms with van der Waals surface area (Å²) in [5.74, 6) is 0. The molecule has 1 N–H and O–H groups in total. The van der Waals surface area contributed by atoms with Gasteiger partial charge < -0.3 is 5.32 Å². The maximum absolute atomic E-state index is 12.0. The molecule has 0 unspecified atom stereocenters. The standard InChI is InChI=1S/C12H19ClF3N3/c1-3-9-11(13)10(19(4-2)18-9)8-17-7-5-6-12(14,15)16/h17H,3-8H2,1-2H3. The normalized spacial score (nSPS) is 12.1. The number of alkyl halides is 3. The number of aromatic nitrogens is 2. The van der Waals surface area contributed by atoms with Crippen LogP contribution >= 0.6 is 11.6 Å². The van der Waals surface area contributed by atoms with Crippen molar-refractivity contribution in [2.75, 3.05) is 6.54 Å². The van der Waals surface area contributed by atoms with Crippen LogP contribution in [-0.4, -0.2) is 22.5 Å². The quantitative estimate of drug-likeness (QED) is 0.780. The first-order valence-corrected chi connectivity index (χ1v) is 6.78. The summed E-state index contributed by atoms with van der Waals surface area (Å²) in [5.41, 5.74) is 1.67. The summed E-state index contributed by atoms with van der Waals surface area (Å²) in [5, 5.41) is 7.95. The highest BCUT2D eigenvalue weighted by atomic mass is 35.5. The van der Waals surface area contributed by atoms with Crippen molar-refractivity contribution >= 4 is 11.6 Å². The molecule has 1 rings (SSSR count). The van der Waals surface area contributed by atoms with Gasteiger partial charge in [-0.3, -0.25) is 4.68 Å². The summed E-state index contributed by atoms with van der Waals surface area (Å²) in [6.07, 6.45) is -4.03. The fraction of sp³-hybridized carbons (Fsp3) is 0.750. The van der Waals surface area contributed by atoms with Gasteiger partial charge in [0.1, 0.15) is 0 Å².